The Labute approximate surface area is 185 Å². The van der Waals surface area contributed by atoms with Crippen LogP contribution in [-0.2, 0) is 6.54 Å². The van der Waals surface area contributed by atoms with Gasteiger partial charge in [0.25, 0.3) is 0 Å². The van der Waals surface area contributed by atoms with E-state index in [0.717, 1.165) is 56.5 Å². The molecule has 1 saturated heterocycles. The topological polar surface area (TPSA) is 39.7 Å². The third-order valence-electron chi connectivity index (χ3n) is 5.26. The Kier molecular flexibility index (Phi) is 9.93. The average Bonchev–Trinajstić information content (AvgIpc) is 3.16. The number of benzene rings is 1. The number of halogens is 2. The Hall–Kier alpha value is -0.790. The molecule has 0 atom stereocenters. The van der Waals surface area contributed by atoms with Crippen LogP contribution in [0, 0.1) is 5.92 Å². The molecule has 6 heteroatoms. The van der Waals surface area contributed by atoms with E-state index >= 15 is 0 Å². The molecule has 1 aliphatic heterocycles. The molecular weight excluding hydrogens is 471 g/mol. The molecule has 0 unspecified atom stereocenters. The first kappa shape index (κ1) is 22.5. The van der Waals surface area contributed by atoms with Crippen LogP contribution in [0.5, 0.6) is 0 Å². The highest BCUT2D eigenvalue weighted by atomic mass is 127. The van der Waals surface area contributed by atoms with E-state index in [2.05, 4.69) is 46.7 Å². The molecule has 1 heterocycles. The van der Waals surface area contributed by atoms with E-state index in [4.69, 9.17) is 16.6 Å². The highest BCUT2D eigenvalue weighted by Crippen LogP contribution is 2.22. The number of nitrogens with zero attached hydrogens (tertiary/aromatic N) is 2. The zero-order valence-corrected chi connectivity index (χ0v) is 19.2. The van der Waals surface area contributed by atoms with Crippen molar-refractivity contribution in [3.05, 3.63) is 47.0 Å². The second kappa shape index (κ2) is 11.9. The highest BCUT2D eigenvalue weighted by molar-refractivity contribution is 14.0. The van der Waals surface area contributed by atoms with Gasteiger partial charge in [0, 0.05) is 30.7 Å². The summed E-state index contributed by atoms with van der Waals surface area (Å²) in [5.41, 5.74) is 1.23. The van der Waals surface area contributed by atoms with Crippen LogP contribution in [-0.4, -0.2) is 43.1 Å². The molecule has 0 aromatic heterocycles. The van der Waals surface area contributed by atoms with E-state index in [1.54, 1.807) is 0 Å². The van der Waals surface area contributed by atoms with Gasteiger partial charge in [-0.3, -0.25) is 9.89 Å². The highest BCUT2D eigenvalue weighted by Gasteiger charge is 2.20. The van der Waals surface area contributed by atoms with Crippen LogP contribution in [0.1, 0.15) is 38.2 Å². The zero-order chi connectivity index (χ0) is 18.2. The number of guanidine groups is 1. The quantitative estimate of drug-likeness (QED) is 0.261. The number of aliphatic imine (C=N–C) groups is 1. The molecule has 1 aromatic carbocycles. The molecular formula is C21H32ClIN4. The molecule has 1 fully saturated rings. The fourth-order valence-corrected chi connectivity index (χ4v) is 3.86. The van der Waals surface area contributed by atoms with Crippen molar-refractivity contribution in [3.63, 3.8) is 0 Å². The summed E-state index contributed by atoms with van der Waals surface area (Å²) in [5.74, 6) is 1.65. The third kappa shape index (κ3) is 7.27. The first-order valence-corrected chi connectivity index (χ1v) is 10.3. The number of likely N-dealkylation sites (tertiary alicyclic amines) is 1. The largest absolute Gasteiger partial charge is 0.357 e. The van der Waals surface area contributed by atoms with Crippen LogP contribution < -0.4 is 10.6 Å². The van der Waals surface area contributed by atoms with Gasteiger partial charge in [0.05, 0.1) is 0 Å². The van der Waals surface area contributed by atoms with Gasteiger partial charge in [-0.2, -0.15) is 0 Å². The summed E-state index contributed by atoms with van der Waals surface area (Å²) in [7, 11) is 0. The van der Waals surface area contributed by atoms with E-state index in [-0.39, 0.29) is 24.0 Å². The summed E-state index contributed by atoms with van der Waals surface area (Å²) >= 11 is 6.29. The van der Waals surface area contributed by atoms with Crippen LogP contribution in [0.15, 0.2) is 41.4 Å². The summed E-state index contributed by atoms with van der Waals surface area (Å²) in [6, 6.07) is 8.68. The van der Waals surface area contributed by atoms with Crippen LogP contribution >= 0.6 is 35.6 Å². The van der Waals surface area contributed by atoms with Gasteiger partial charge in [0.2, 0.25) is 0 Å². The molecule has 150 valence electrons. The normalized spacial score (nSPS) is 19.1. The van der Waals surface area contributed by atoms with Crippen LogP contribution in [0.25, 0.3) is 0 Å². The van der Waals surface area contributed by atoms with Crippen molar-refractivity contribution >= 4 is 41.5 Å². The molecule has 0 bridgehead atoms. The van der Waals surface area contributed by atoms with E-state index in [0.29, 0.717) is 12.0 Å². The van der Waals surface area contributed by atoms with Crippen molar-refractivity contribution in [1.82, 2.24) is 15.5 Å². The van der Waals surface area contributed by atoms with Gasteiger partial charge in [0.1, 0.15) is 0 Å². The summed E-state index contributed by atoms with van der Waals surface area (Å²) in [6.07, 6.45) is 9.11. The summed E-state index contributed by atoms with van der Waals surface area (Å²) < 4.78 is 0. The maximum absolute atomic E-state index is 6.29. The first-order valence-electron chi connectivity index (χ1n) is 9.90. The van der Waals surface area contributed by atoms with Gasteiger partial charge >= 0.3 is 0 Å². The minimum atomic E-state index is 0. The van der Waals surface area contributed by atoms with Gasteiger partial charge in [-0.1, -0.05) is 42.0 Å². The molecule has 2 aliphatic rings. The second-order valence-electron chi connectivity index (χ2n) is 7.31. The summed E-state index contributed by atoms with van der Waals surface area (Å²) in [4.78, 5) is 7.36. The monoisotopic (exact) mass is 502 g/mol. The molecule has 0 saturated carbocycles. The van der Waals surface area contributed by atoms with Gasteiger partial charge in [-0.25, -0.2) is 0 Å². The predicted molar refractivity (Wildman–Crippen MR) is 126 cm³/mol. The SMILES string of the molecule is CCNC(=NCC1CCN(Cc2ccccc2Cl)CC1)NC1CC=CC1.I. The lowest BCUT2D eigenvalue weighted by Crippen LogP contribution is -2.43. The zero-order valence-electron chi connectivity index (χ0n) is 16.2. The van der Waals surface area contributed by atoms with Crippen molar-refractivity contribution in [2.45, 2.75) is 45.2 Å². The minimum absolute atomic E-state index is 0. The molecule has 1 aromatic rings. The Morgan fingerprint density at radius 1 is 1.19 bits per heavy atom. The molecule has 0 spiro atoms. The molecule has 0 amide bonds. The Balaban J connectivity index is 0.00000261. The molecule has 0 radical (unpaired) electrons. The van der Waals surface area contributed by atoms with Gasteiger partial charge in [0.15, 0.2) is 5.96 Å². The van der Waals surface area contributed by atoms with Crippen molar-refractivity contribution < 1.29 is 0 Å². The maximum atomic E-state index is 6.29. The lowest BCUT2D eigenvalue weighted by molar-refractivity contribution is 0.180. The molecule has 1 aliphatic carbocycles. The number of hydrogen-bond donors (Lipinski definition) is 2. The number of rotatable bonds is 6. The van der Waals surface area contributed by atoms with Crippen molar-refractivity contribution in [2.24, 2.45) is 10.9 Å². The molecule has 3 rings (SSSR count). The fourth-order valence-electron chi connectivity index (χ4n) is 3.66. The van der Waals surface area contributed by atoms with Crippen molar-refractivity contribution in [3.8, 4) is 0 Å². The standard InChI is InChI=1S/C21H31ClN4.HI/c1-2-23-21(25-19-8-4-5-9-19)24-15-17-11-13-26(14-12-17)16-18-7-3-6-10-20(18)22;/h3-7,10,17,19H,2,8-9,11-16H2,1H3,(H2,23,24,25);1H. The number of hydrogen-bond acceptors (Lipinski definition) is 2. The fraction of sp³-hybridized carbons (Fsp3) is 0.571. The Morgan fingerprint density at radius 3 is 2.56 bits per heavy atom. The van der Waals surface area contributed by atoms with E-state index in [9.17, 15) is 0 Å². The smallest absolute Gasteiger partial charge is 0.191 e. The van der Waals surface area contributed by atoms with Crippen molar-refractivity contribution in [2.75, 3.05) is 26.2 Å². The number of nitrogens with one attached hydrogen (secondary N) is 2. The Morgan fingerprint density at radius 2 is 1.89 bits per heavy atom. The molecule has 27 heavy (non-hydrogen) atoms. The maximum Gasteiger partial charge on any atom is 0.191 e. The van der Waals surface area contributed by atoms with Crippen LogP contribution in [0.3, 0.4) is 0 Å². The molecule has 2 N–H and O–H groups in total. The predicted octanol–water partition coefficient (Wildman–Crippen LogP) is 4.44. The first-order chi connectivity index (χ1) is 12.7. The minimum Gasteiger partial charge on any atom is -0.357 e. The van der Waals surface area contributed by atoms with Gasteiger partial charge < -0.3 is 10.6 Å². The van der Waals surface area contributed by atoms with Crippen molar-refractivity contribution in [1.29, 1.82) is 0 Å². The van der Waals surface area contributed by atoms with Crippen LogP contribution in [0.4, 0.5) is 0 Å². The van der Waals surface area contributed by atoms with E-state index in [1.165, 1.54) is 18.4 Å². The second-order valence-corrected chi connectivity index (χ2v) is 7.72. The van der Waals surface area contributed by atoms with Gasteiger partial charge in [-0.15, -0.1) is 24.0 Å². The molecule has 4 nitrogen and oxygen atoms in total. The Bertz CT molecular complexity index is 618. The third-order valence-corrected chi connectivity index (χ3v) is 5.63. The van der Waals surface area contributed by atoms with Gasteiger partial charge in [-0.05, 0) is 63.2 Å². The number of piperidine rings is 1. The average molecular weight is 503 g/mol. The van der Waals surface area contributed by atoms with Crippen LogP contribution in [0.2, 0.25) is 5.02 Å². The lowest BCUT2D eigenvalue weighted by Gasteiger charge is -2.31. The summed E-state index contributed by atoms with van der Waals surface area (Å²) in [5, 5.41) is 7.82. The van der Waals surface area contributed by atoms with E-state index in [1.807, 2.05) is 12.1 Å². The van der Waals surface area contributed by atoms with E-state index < -0.39 is 0 Å². The lowest BCUT2D eigenvalue weighted by atomic mass is 9.96. The summed E-state index contributed by atoms with van der Waals surface area (Å²) in [6.45, 7) is 7.15.